The highest BCUT2D eigenvalue weighted by Gasteiger charge is 2.41. The maximum absolute atomic E-state index is 2.55. The van der Waals surface area contributed by atoms with Gasteiger partial charge < -0.3 is 4.90 Å². The van der Waals surface area contributed by atoms with E-state index in [0.29, 0.717) is 11.8 Å². The van der Waals surface area contributed by atoms with E-state index in [1.807, 2.05) is 0 Å². The zero-order valence-electron chi connectivity index (χ0n) is 37.9. The normalized spacial score (nSPS) is 15.5. The third-order valence-electron chi connectivity index (χ3n) is 13.8. The molecule has 0 amide bonds. The molecule has 0 spiro atoms. The molecule has 1 nitrogen and oxygen atoms in total. The van der Waals surface area contributed by atoms with Crippen molar-refractivity contribution >= 4 is 17.1 Å². The molecule has 0 aliphatic heterocycles. The Morgan fingerprint density at radius 1 is 0.475 bits per heavy atom. The first-order chi connectivity index (χ1) is 29.6. The number of fused-ring (bicyclic) bond motifs is 3. The topological polar surface area (TPSA) is 3.24 Å². The molecular weight excluding hydrogens is 735 g/mol. The molecule has 1 aliphatic rings. The highest BCUT2D eigenvalue weighted by Crippen LogP contribution is 2.54. The zero-order valence-corrected chi connectivity index (χ0v) is 37.9. The van der Waals surface area contributed by atoms with Gasteiger partial charge in [0.15, 0.2) is 0 Å². The lowest BCUT2D eigenvalue weighted by atomic mass is 9.73. The molecule has 0 heterocycles. The van der Waals surface area contributed by atoms with Gasteiger partial charge in [-0.3, -0.25) is 0 Å². The van der Waals surface area contributed by atoms with E-state index >= 15 is 0 Å². The molecule has 3 unspecified atom stereocenters. The monoisotopic (exact) mass is 800 g/mol. The first-order valence-electron chi connectivity index (χ1n) is 23.1. The fourth-order valence-electron chi connectivity index (χ4n) is 10.2. The van der Waals surface area contributed by atoms with Gasteiger partial charge in [-0.15, -0.1) is 0 Å². The van der Waals surface area contributed by atoms with Gasteiger partial charge in [0.25, 0.3) is 0 Å². The molecule has 0 saturated heterocycles. The van der Waals surface area contributed by atoms with E-state index < -0.39 is 0 Å². The van der Waals surface area contributed by atoms with E-state index in [0.717, 1.165) is 17.1 Å². The average molecular weight is 800 g/mol. The SMILES string of the molecule is CCCC(CC)c1cc(-c2ccc(N(c3ccc4c(c3)C(C)(c3ccc(C(C)(C)C)cc3)c3ccccc3-4)c3ccccc3-c3ccccc3)cc2)cc(C(CC)CCC)c1. The van der Waals surface area contributed by atoms with Crippen LogP contribution in [0.25, 0.3) is 33.4 Å². The summed E-state index contributed by atoms with van der Waals surface area (Å²) in [6.07, 6.45) is 7.21. The smallest absolute Gasteiger partial charge is 0.0540 e. The molecular formula is C60H65N. The van der Waals surface area contributed by atoms with Crippen molar-refractivity contribution in [3.05, 3.63) is 197 Å². The van der Waals surface area contributed by atoms with Crippen LogP contribution in [0.3, 0.4) is 0 Å². The van der Waals surface area contributed by atoms with Crippen molar-refractivity contribution in [2.45, 2.75) is 117 Å². The minimum Gasteiger partial charge on any atom is -0.310 e. The summed E-state index contributed by atoms with van der Waals surface area (Å²) >= 11 is 0. The maximum Gasteiger partial charge on any atom is 0.0540 e. The van der Waals surface area contributed by atoms with Crippen LogP contribution in [0, 0.1) is 0 Å². The van der Waals surface area contributed by atoms with Gasteiger partial charge in [-0.1, -0.05) is 195 Å². The minimum absolute atomic E-state index is 0.0886. The Kier molecular flexibility index (Phi) is 12.2. The van der Waals surface area contributed by atoms with E-state index in [4.69, 9.17) is 0 Å². The first kappa shape index (κ1) is 42.0. The molecule has 7 aromatic rings. The maximum atomic E-state index is 2.55. The lowest BCUT2D eigenvalue weighted by Gasteiger charge is -2.32. The molecule has 8 rings (SSSR count). The number of anilines is 3. The largest absolute Gasteiger partial charge is 0.310 e. The van der Waals surface area contributed by atoms with Crippen molar-refractivity contribution in [1.29, 1.82) is 0 Å². The number of hydrogen-bond donors (Lipinski definition) is 0. The van der Waals surface area contributed by atoms with Crippen molar-refractivity contribution in [3.63, 3.8) is 0 Å². The van der Waals surface area contributed by atoms with Crippen molar-refractivity contribution in [2.75, 3.05) is 4.90 Å². The van der Waals surface area contributed by atoms with E-state index in [-0.39, 0.29) is 10.8 Å². The lowest BCUT2D eigenvalue weighted by molar-refractivity contribution is 0.581. The minimum atomic E-state index is -0.322. The molecule has 0 bridgehead atoms. The lowest BCUT2D eigenvalue weighted by Crippen LogP contribution is -2.23. The molecule has 1 heteroatoms. The van der Waals surface area contributed by atoms with Crippen LogP contribution in [-0.2, 0) is 10.8 Å². The highest BCUT2D eigenvalue weighted by molar-refractivity contribution is 5.91. The van der Waals surface area contributed by atoms with Crippen molar-refractivity contribution < 1.29 is 0 Å². The molecule has 0 radical (unpaired) electrons. The molecule has 3 atom stereocenters. The number of para-hydroxylation sites is 1. The fourth-order valence-corrected chi connectivity index (χ4v) is 10.2. The quantitative estimate of drug-likeness (QED) is 0.106. The van der Waals surface area contributed by atoms with E-state index in [1.54, 1.807) is 0 Å². The molecule has 310 valence electrons. The molecule has 1 aliphatic carbocycles. The summed E-state index contributed by atoms with van der Waals surface area (Å²) in [4.78, 5) is 2.49. The van der Waals surface area contributed by atoms with Gasteiger partial charge in [0, 0.05) is 22.4 Å². The van der Waals surface area contributed by atoms with Crippen molar-refractivity contribution in [2.24, 2.45) is 0 Å². The van der Waals surface area contributed by atoms with Crippen LogP contribution in [0.4, 0.5) is 17.1 Å². The first-order valence-corrected chi connectivity index (χ1v) is 23.1. The van der Waals surface area contributed by atoms with Crippen LogP contribution >= 0.6 is 0 Å². The van der Waals surface area contributed by atoms with Gasteiger partial charge in [0.05, 0.1) is 5.69 Å². The van der Waals surface area contributed by atoms with Gasteiger partial charge in [0.1, 0.15) is 0 Å². The predicted octanol–water partition coefficient (Wildman–Crippen LogP) is 17.7. The summed E-state index contributed by atoms with van der Waals surface area (Å²) in [6.45, 7) is 18.7. The van der Waals surface area contributed by atoms with Crippen LogP contribution in [0.2, 0.25) is 0 Å². The van der Waals surface area contributed by atoms with Gasteiger partial charge in [-0.25, -0.2) is 0 Å². The molecule has 0 fully saturated rings. The van der Waals surface area contributed by atoms with Gasteiger partial charge >= 0.3 is 0 Å². The van der Waals surface area contributed by atoms with Crippen LogP contribution < -0.4 is 4.90 Å². The molecule has 0 saturated carbocycles. The Bertz CT molecular complexity index is 2540. The highest BCUT2D eigenvalue weighted by atomic mass is 15.1. The summed E-state index contributed by atoms with van der Waals surface area (Å²) in [6, 6.07) is 62.4. The van der Waals surface area contributed by atoms with Crippen LogP contribution in [0.15, 0.2) is 164 Å². The summed E-state index contributed by atoms with van der Waals surface area (Å²) in [5.41, 5.74) is 19.3. The Morgan fingerprint density at radius 2 is 1.03 bits per heavy atom. The molecule has 0 N–H and O–H groups in total. The van der Waals surface area contributed by atoms with Crippen LogP contribution in [-0.4, -0.2) is 0 Å². The Labute approximate surface area is 367 Å². The predicted molar refractivity (Wildman–Crippen MR) is 264 cm³/mol. The Balaban J connectivity index is 1.29. The molecule has 61 heavy (non-hydrogen) atoms. The number of hydrogen-bond acceptors (Lipinski definition) is 1. The average Bonchev–Trinajstić information content (AvgIpc) is 3.55. The second-order valence-electron chi connectivity index (χ2n) is 18.7. The number of rotatable bonds is 14. The second-order valence-corrected chi connectivity index (χ2v) is 18.7. The van der Waals surface area contributed by atoms with Gasteiger partial charge in [0.2, 0.25) is 0 Å². The third kappa shape index (κ3) is 8.13. The third-order valence-corrected chi connectivity index (χ3v) is 13.8. The molecule has 0 aromatic heterocycles. The Morgan fingerprint density at radius 3 is 1.64 bits per heavy atom. The van der Waals surface area contributed by atoms with Crippen molar-refractivity contribution in [3.8, 4) is 33.4 Å². The number of benzene rings is 7. The van der Waals surface area contributed by atoms with Crippen molar-refractivity contribution in [1.82, 2.24) is 0 Å². The van der Waals surface area contributed by atoms with E-state index in [9.17, 15) is 0 Å². The summed E-state index contributed by atoms with van der Waals surface area (Å²) in [7, 11) is 0. The van der Waals surface area contributed by atoms with Gasteiger partial charge in [-0.2, -0.15) is 0 Å². The van der Waals surface area contributed by atoms with E-state index in [2.05, 4.69) is 224 Å². The zero-order chi connectivity index (χ0) is 42.7. The summed E-state index contributed by atoms with van der Waals surface area (Å²) in [5, 5.41) is 0. The van der Waals surface area contributed by atoms with E-state index in [1.165, 1.54) is 105 Å². The summed E-state index contributed by atoms with van der Waals surface area (Å²) in [5.74, 6) is 1.17. The number of nitrogens with zero attached hydrogens (tertiary/aromatic N) is 1. The molecule has 7 aromatic carbocycles. The second kappa shape index (κ2) is 17.7. The van der Waals surface area contributed by atoms with Gasteiger partial charge in [-0.05, 0) is 141 Å². The summed E-state index contributed by atoms with van der Waals surface area (Å²) < 4.78 is 0. The standard InChI is InChI=1S/C60H65N/c1-9-20-42(11-3)46-38-47(43(12-4)21-10-2)40-48(39-46)44-28-34-51(35-29-44)61(58-27-19-17-24-53(58)45-22-14-13-15-23-45)52-36-37-55-54-25-16-18-26-56(54)60(8,57(55)41-52)50-32-30-49(31-33-50)59(5,6)7/h13-19,22-43H,9-12,20-21H2,1-8H3. The fraction of sp³-hybridized carbons (Fsp3) is 0.300. The van der Waals surface area contributed by atoms with Crippen LogP contribution in [0.5, 0.6) is 0 Å². The van der Waals surface area contributed by atoms with Crippen LogP contribution in [0.1, 0.15) is 139 Å². The Hall–Kier alpha value is -5.66.